The fourth-order valence-electron chi connectivity index (χ4n) is 2.90. The van der Waals surface area contributed by atoms with Crippen LogP contribution in [0.2, 0.25) is 0 Å². The van der Waals surface area contributed by atoms with Crippen molar-refractivity contribution in [3.63, 3.8) is 0 Å². The van der Waals surface area contributed by atoms with E-state index in [1.807, 2.05) is 24.3 Å². The van der Waals surface area contributed by atoms with Gasteiger partial charge in [-0.25, -0.2) is 4.99 Å². The normalized spacial score (nSPS) is 17.5. The van der Waals surface area contributed by atoms with E-state index in [-0.39, 0.29) is 12.5 Å². The second-order valence-electron chi connectivity index (χ2n) is 6.64. The van der Waals surface area contributed by atoms with Crippen LogP contribution in [0.3, 0.4) is 0 Å². The van der Waals surface area contributed by atoms with Crippen molar-refractivity contribution in [1.29, 1.82) is 0 Å². The Morgan fingerprint density at radius 3 is 2.84 bits per heavy atom. The number of benzene rings is 1. The topological polar surface area (TPSA) is 66.0 Å². The summed E-state index contributed by atoms with van der Waals surface area (Å²) in [5.74, 6) is 1.65. The van der Waals surface area contributed by atoms with Gasteiger partial charge in [0.1, 0.15) is 5.75 Å². The van der Waals surface area contributed by atoms with Crippen molar-refractivity contribution in [2.24, 2.45) is 4.99 Å². The SMILES string of the molecule is CCNC(=NCc1cccc(OCC(=O)NC2CC2)c1)N1CCCC1. The number of hydrogen-bond donors (Lipinski definition) is 2. The van der Waals surface area contributed by atoms with Gasteiger partial charge in [0.25, 0.3) is 5.91 Å². The standard InChI is InChI=1S/C19H28N4O2/c1-2-20-19(23-10-3-4-11-23)21-13-15-6-5-7-17(12-15)25-14-18(24)22-16-8-9-16/h5-7,12,16H,2-4,8-11,13-14H2,1H3,(H,20,21)(H,22,24). The van der Waals surface area contributed by atoms with E-state index in [0.717, 1.165) is 44.0 Å². The van der Waals surface area contributed by atoms with Crippen molar-refractivity contribution in [1.82, 2.24) is 15.5 Å². The molecule has 1 saturated carbocycles. The Balaban J connectivity index is 1.54. The lowest BCUT2D eigenvalue weighted by Gasteiger charge is -2.20. The molecule has 1 aliphatic heterocycles. The van der Waals surface area contributed by atoms with Gasteiger partial charge in [-0.3, -0.25) is 4.79 Å². The van der Waals surface area contributed by atoms with Gasteiger partial charge < -0.3 is 20.3 Å². The van der Waals surface area contributed by atoms with Crippen LogP contribution in [-0.4, -0.2) is 49.0 Å². The molecular weight excluding hydrogens is 316 g/mol. The zero-order valence-electron chi connectivity index (χ0n) is 15.0. The van der Waals surface area contributed by atoms with Crippen LogP contribution in [0.25, 0.3) is 0 Å². The summed E-state index contributed by atoms with van der Waals surface area (Å²) in [4.78, 5) is 18.8. The van der Waals surface area contributed by atoms with Gasteiger partial charge in [0.15, 0.2) is 12.6 Å². The van der Waals surface area contributed by atoms with E-state index < -0.39 is 0 Å². The minimum atomic E-state index is -0.0469. The van der Waals surface area contributed by atoms with Crippen molar-refractivity contribution < 1.29 is 9.53 Å². The average molecular weight is 344 g/mol. The Labute approximate surface area is 149 Å². The maximum absolute atomic E-state index is 11.7. The highest BCUT2D eigenvalue weighted by atomic mass is 16.5. The Morgan fingerprint density at radius 2 is 2.12 bits per heavy atom. The summed E-state index contributed by atoms with van der Waals surface area (Å²) in [5.41, 5.74) is 1.08. The Hall–Kier alpha value is -2.24. The molecule has 0 aromatic heterocycles. The largest absolute Gasteiger partial charge is 0.484 e. The van der Waals surface area contributed by atoms with Crippen LogP contribution >= 0.6 is 0 Å². The Kier molecular flexibility index (Phi) is 6.14. The summed E-state index contributed by atoms with van der Waals surface area (Å²) in [5, 5.41) is 6.29. The first kappa shape index (κ1) is 17.6. The molecule has 1 aromatic rings. The summed E-state index contributed by atoms with van der Waals surface area (Å²) in [7, 11) is 0. The molecule has 1 heterocycles. The highest BCUT2D eigenvalue weighted by Crippen LogP contribution is 2.19. The van der Waals surface area contributed by atoms with Gasteiger partial charge in [-0.15, -0.1) is 0 Å². The lowest BCUT2D eigenvalue weighted by atomic mass is 10.2. The van der Waals surface area contributed by atoms with E-state index >= 15 is 0 Å². The molecule has 2 N–H and O–H groups in total. The number of nitrogens with zero attached hydrogens (tertiary/aromatic N) is 2. The molecule has 2 fully saturated rings. The maximum Gasteiger partial charge on any atom is 0.258 e. The van der Waals surface area contributed by atoms with Gasteiger partial charge in [0.2, 0.25) is 0 Å². The summed E-state index contributed by atoms with van der Waals surface area (Å²) < 4.78 is 5.60. The van der Waals surface area contributed by atoms with Gasteiger partial charge in [-0.1, -0.05) is 12.1 Å². The van der Waals surface area contributed by atoms with Crippen molar-refractivity contribution >= 4 is 11.9 Å². The third-order valence-electron chi connectivity index (χ3n) is 4.36. The average Bonchev–Trinajstić information content (AvgIpc) is 3.26. The highest BCUT2D eigenvalue weighted by molar-refractivity contribution is 5.80. The third-order valence-corrected chi connectivity index (χ3v) is 4.36. The lowest BCUT2D eigenvalue weighted by Crippen LogP contribution is -2.39. The maximum atomic E-state index is 11.7. The minimum absolute atomic E-state index is 0.0469. The summed E-state index contributed by atoms with van der Waals surface area (Å²) in [6.45, 7) is 5.78. The number of ether oxygens (including phenoxy) is 1. The number of guanidine groups is 1. The third kappa shape index (κ3) is 5.66. The van der Waals surface area contributed by atoms with Crippen molar-refractivity contribution in [2.75, 3.05) is 26.2 Å². The van der Waals surface area contributed by atoms with E-state index in [0.29, 0.717) is 18.3 Å². The Morgan fingerprint density at radius 1 is 1.32 bits per heavy atom. The predicted molar refractivity (Wildman–Crippen MR) is 98.7 cm³/mol. The van der Waals surface area contributed by atoms with Gasteiger partial charge in [-0.05, 0) is 50.3 Å². The Bertz CT molecular complexity index is 607. The fraction of sp³-hybridized carbons (Fsp3) is 0.579. The number of likely N-dealkylation sites (tertiary alicyclic amines) is 1. The second-order valence-corrected chi connectivity index (χ2v) is 6.64. The summed E-state index contributed by atoms with van der Waals surface area (Å²) in [6, 6.07) is 8.19. The molecule has 0 radical (unpaired) electrons. The molecule has 1 saturated heterocycles. The summed E-state index contributed by atoms with van der Waals surface area (Å²) in [6.07, 6.45) is 4.64. The molecule has 0 atom stereocenters. The van der Waals surface area contributed by atoms with Gasteiger partial charge >= 0.3 is 0 Å². The van der Waals surface area contributed by atoms with Crippen LogP contribution in [0.1, 0.15) is 38.2 Å². The lowest BCUT2D eigenvalue weighted by molar-refractivity contribution is -0.123. The van der Waals surface area contributed by atoms with Crippen LogP contribution in [0.5, 0.6) is 5.75 Å². The first-order valence-corrected chi connectivity index (χ1v) is 9.29. The molecule has 0 spiro atoms. The number of amides is 1. The molecule has 1 aliphatic carbocycles. The van der Waals surface area contributed by atoms with Crippen LogP contribution in [-0.2, 0) is 11.3 Å². The van der Waals surface area contributed by atoms with Crippen molar-refractivity contribution in [2.45, 2.75) is 45.2 Å². The zero-order chi connectivity index (χ0) is 17.5. The molecule has 3 rings (SSSR count). The van der Waals surface area contributed by atoms with Crippen molar-refractivity contribution in [3.8, 4) is 5.75 Å². The molecular formula is C19H28N4O2. The number of rotatable bonds is 7. The van der Waals surface area contributed by atoms with E-state index in [4.69, 9.17) is 9.73 Å². The molecule has 1 aromatic carbocycles. The van der Waals surface area contributed by atoms with Crippen LogP contribution in [0.15, 0.2) is 29.3 Å². The number of aliphatic imine (C=N–C) groups is 1. The smallest absolute Gasteiger partial charge is 0.258 e. The van der Waals surface area contributed by atoms with Crippen LogP contribution in [0.4, 0.5) is 0 Å². The van der Waals surface area contributed by atoms with E-state index in [2.05, 4.69) is 22.5 Å². The zero-order valence-corrected chi connectivity index (χ0v) is 15.0. The monoisotopic (exact) mass is 344 g/mol. The quantitative estimate of drug-likeness (QED) is 0.586. The van der Waals surface area contributed by atoms with Crippen LogP contribution < -0.4 is 15.4 Å². The number of carbonyl (C=O) groups is 1. The molecule has 6 nitrogen and oxygen atoms in total. The van der Waals surface area contributed by atoms with E-state index in [1.165, 1.54) is 12.8 Å². The number of hydrogen-bond acceptors (Lipinski definition) is 3. The van der Waals surface area contributed by atoms with Crippen LogP contribution in [0, 0.1) is 0 Å². The first-order valence-electron chi connectivity index (χ1n) is 9.29. The van der Waals surface area contributed by atoms with Gasteiger partial charge in [0, 0.05) is 25.7 Å². The van der Waals surface area contributed by atoms with E-state index in [9.17, 15) is 4.79 Å². The molecule has 1 amide bonds. The molecule has 2 aliphatic rings. The van der Waals surface area contributed by atoms with E-state index in [1.54, 1.807) is 0 Å². The first-order chi connectivity index (χ1) is 12.2. The predicted octanol–water partition coefficient (Wildman–Crippen LogP) is 1.91. The number of nitrogens with one attached hydrogen (secondary N) is 2. The minimum Gasteiger partial charge on any atom is -0.484 e. The van der Waals surface area contributed by atoms with Gasteiger partial charge in [-0.2, -0.15) is 0 Å². The molecule has 0 bridgehead atoms. The van der Waals surface area contributed by atoms with Gasteiger partial charge in [0.05, 0.1) is 6.54 Å². The fourth-order valence-corrected chi connectivity index (χ4v) is 2.90. The molecule has 136 valence electrons. The summed E-state index contributed by atoms with van der Waals surface area (Å²) >= 11 is 0. The molecule has 25 heavy (non-hydrogen) atoms. The second kappa shape index (κ2) is 8.74. The molecule has 6 heteroatoms. The highest BCUT2D eigenvalue weighted by Gasteiger charge is 2.23. The molecule has 0 unspecified atom stereocenters. The van der Waals surface area contributed by atoms with Crippen molar-refractivity contribution in [3.05, 3.63) is 29.8 Å². The number of carbonyl (C=O) groups excluding carboxylic acids is 1.